The zero-order chi connectivity index (χ0) is 18.8. The van der Waals surface area contributed by atoms with E-state index in [0.717, 1.165) is 23.5 Å². The van der Waals surface area contributed by atoms with E-state index in [-0.39, 0.29) is 5.91 Å². The number of nitrogens with zero attached hydrogens (tertiary/aromatic N) is 1. The van der Waals surface area contributed by atoms with Gasteiger partial charge in [0, 0.05) is 18.7 Å². The molecule has 0 atom stereocenters. The Morgan fingerprint density at radius 2 is 1.73 bits per heavy atom. The second kappa shape index (κ2) is 10.4. The third-order valence-electron chi connectivity index (χ3n) is 4.00. The molecule has 1 aromatic heterocycles. The monoisotopic (exact) mass is 357 g/mol. The third-order valence-corrected chi connectivity index (χ3v) is 4.00. The number of ether oxygens (including phenoxy) is 2. The first-order valence-electron chi connectivity index (χ1n) is 9.23. The molecule has 0 aliphatic rings. The number of rotatable bonds is 10. The van der Waals surface area contributed by atoms with Crippen LogP contribution in [0.1, 0.15) is 31.4 Å². The number of hydrogen-bond acceptors (Lipinski definition) is 3. The molecule has 5 nitrogen and oxygen atoms in total. The molecule has 1 heterocycles. The first-order valence-corrected chi connectivity index (χ1v) is 9.23. The number of carbonyl (C=O) groups excluding carboxylic acids is 1. The van der Waals surface area contributed by atoms with Crippen LogP contribution >= 0.6 is 0 Å². The van der Waals surface area contributed by atoms with Crippen molar-refractivity contribution in [2.24, 2.45) is 0 Å². The summed E-state index contributed by atoms with van der Waals surface area (Å²) >= 11 is 0. The molecule has 0 unspecified atom stereocenters. The van der Waals surface area contributed by atoms with Crippen LogP contribution in [0.4, 0.5) is 0 Å². The third kappa shape index (κ3) is 6.39. The molecular formula is C21H29N2O3+. The first kappa shape index (κ1) is 19.8. The zero-order valence-electron chi connectivity index (χ0n) is 16.0. The summed E-state index contributed by atoms with van der Waals surface area (Å²) in [6.45, 7) is 8.45. The lowest BCUT2D eigenvalue weighted by molar-refractivity contribution is -0.695. The maximum Gasteiger partial charge on any atom is 0.226 e. The van der Waals surface area contributed by atoms with Crippen molar-refractivity contribution < 1.29 is 18.8 Å². The lowest BCUT2D eigenvalue weighted by Gasteiger charge is -2.12. The second-order valence-corrected chi connectivity index (χ2v) is 6.11. The molecule has 0 saturated heterocycles. The van der Waals surface area contributed by atoms with E-state index in [1.165, 1.54) is 5.56 Å². The molecule has 0 saturated carbocycles. The average Bonchev–Trinajstić information content (AvgIpc) is 2.64. The van der Waals surface area contributed by atoms with Crippen molar-refractivity contribution in [1.82, 2.24) is 5.32 Å². The maximum absolute atomic E-state index is 12.0. The number of nitrogens with one attached hydrogen (secondary N) is 1. The summed E-state index contributed by atoms with van der Waals surface area (Å²) in [5.74, 6) is 1.58. The van der Waals surface area contributed by atoms with Gasteiger partial charge < -0.3 is 14.8 Å². The van der Waals surface area contributed by atoms with Crippen molar-refractivity contribution >= 4 is 5.91 Å². The Morgan fingerprint density at radius 1 is 1.04 bits per heavy atom. The van der Waals surface area contributed by atoms with Crippen molar-refractivity contribution in [3.8, 4) is 11.5 Å². The van der Waals surface area contributed by atoms with Crippen LogP contribution in [0.2, 0.25) is 0 Å². The Bertz CT molecular complexity index is 699. The fraction of sp³-hybridized carbons (Fsp3) is 0.429. The Hall–Kier alpha value is -2.56. The normalized spacial score (nSPS) is 10.4. The Labute approximate surface area is 156 Å². The molecule has 140 valence electrons. The molecule has 0 aliphatic heterocycles. The molecule has 1 N–H and O–H groups in total. The number of aromatic nitrogens is 1. The van der Waals surface area contributed by atoms with Gasteiger partial charge in [0.05, 0.1) is 19.6 Å². The summed E-state index contributed by atoms with van der Waals surface area (Å²) in [6.07, 6.45) is 5.23. The van der Waals surface area contributed by atoms with Crippen LogP contribution in [-0.2, 0) is 17.8 Å². The van der Waals surface area contributed by atoms with Gasteiger partial charge >= 0.3 is 0 Å². The van der Waals surface area contributed by atoms with E-state index < -0.39 is 0 Å². The van der Waals surface area contributed by atoms with Gasteiger partial charge in [0.15, 0.2) is 30.4 Å². The van der Waals surface area contributed by atoms with Crippen molar-refractivity contribution in [3.05, 3.63) is 53.9 Å². The van der Waals surface area contributed by atoms with E-state index in [4.69, 9.17) is 9.47 Å². The van der Waals surface area contributed by atoms with Gasteiger partial charge in [-0.05, 0) is 50.5 Å². The van der Waals surface area contributed by atoms with E-state index in [1.54, 1.807) is 0 Å². The fourth-order valence-corrected chi connectivity index (χ4v) is 2.60. The van der Waals surface area contributed by atoms with Gasteiger partial charge in [0.25, 0.3) is 0 Å². The highest BCUT2D eigenvalue weighted by Gasteiger charge is 2.08. The van der Waals surface area contributed by atoms with Gasteiger partial charge in [-0.2, -0.15) is 0 Å². The molecule has 2 aromatic rings. The Balaban J connectivity index is 1.78. The van der Waals surface area contributed by atoms with Crippen LogP contribution in [0.25, 0.3) is 0 Å². The molecule has 0 fully saturated rings. The van der Waals surface area contributed by atoms with Crippen molar-refractivity contribution in [1.29, 1.82) is 0 Å². The van der Waals surface area contributed by atoms with E-state index in [0.29, 0.717) is 32.7 Å². The number of aryl methyl sites for hydroxylation is 2. The minimum absolute atomic E-state index is 0.0639. The number of benzene rings is 1. The predicted molar refractivity (Wildman–Crippen MR) is 101 cm³/mol. The van der Waals surface area contributed by atoms with Gasteiger partial charge in [-0.1, -0.05) is 6.07 Å². The highest BCUT2D eigenvalue weighted by molar-refractivity contribution is 5.75. The van der Waals surface area contributed by atoms with Crippen LogP contribution in [0, 0.1) is 6.92 Å². The molecule has 0 spiro atoms. The molecule has 0 radical (unpaired) electrons. The first-order chi connectivity index (χ1) is 12.6. The van der Waals surface area contributed by atoms with Gasteiger partial charge in [-0.25, -0.2) is 4.57 Å². The van der Waals surface area contributed by atoms with E-state index in [1.807, 2.05) is 61.1 Å². The van der Waals surface area contributed by atoms with Gasteiger partial charge in [0.1, 0.15) is 0 Å². The fourth-order valence-electron chi connectivity index (χ4n) is 2.60. The minimum Gasteiger partial charge on any atom is -0.490 e. The molecule has 0 bridgehead atoms. The van der Waals surface area contributed by atoms with E-state index >= 15 is 0 Å². The average molecular weight is 357 g/mol. The second-order valence-electron chi connectivity index (χ2n) is 6.11. The SMILES string of the molecule is CCOc1ccc(CCNC(=O)CC[n+]2ccc(C)cc2)cc1OCC. The standard InChI is InChI=1S/C21H28N2O3/c1-4-25-19-7-6-18(16-20(19)26-5-2)8-12-22-21(24)11-15-23-13-9-17(3)10-14-23/h6-7,9-10,13-14,16H,4-5,8,11-12,15H2,1-3H3/p+1. The summed E-state index contributed by atoms with van der Waals surface area (Å²) in [7, 11) is 0. The molecule has 5 heteroatoms. The molecule has 0 aliphatic carbocycles. The smallest absolute Gasteiger partial charge is 0.226 e. The zero-order valence-corrected chi connectivity index (χ0v) is 16.0. The summed E-state index contributed by atoms with van der Waals surface area (Å²) in [5, 5.41) is 2.98. The lowest BCUT2D eigenvalue weighted by atomic mass is 10.1. The van der Waals surface area contributed by atoms with E-state index in [9.17, 15) is 4.79 Å². The molecule has 1 amide bonds. The highest BCUT2D eigenvalue weighted by atomic mass is 16.5. The van der Waals surface area contributed by atoms with Crippen molar-refractivity contribution in [3.63, 3.8) is 0 Å². The van der Waals surface area contributed by atoms with Crippen molar-refractivity contribution in [2.45, 2.75) is 40.2 Å². The highest BCUT2D eigenvalue weighted by Crippen LogP contribution is 2.28. The quantitative estimate of drug-likeness (QED) is 0.665. The maximum atomic E-state index is 12.0. The van der Waals surface area contributed by atoms with E-state index in [2.05, 4.69) is 12.2 Å². The van der Waals surface area contributed by atoms with Crippen molar-refractivity contribution in [2.75, 3.05) is 19.8 Å². The van der Waals surface area contributed by atoms with Gasteiger partial charge in [0.2, 0.25) is 5.91 Å². The van der Waals surface area contributed by atoms with Crippen LogP contribution in [0.15, 0.2) is 42.7 Å². The molecule has 2 rings (SSSR count). The van der Waals surface area contributed by atoms with Crippen LogP contribution < -0.4 is 19.4 Å². The number of pyridine rings is 1. The van der Waals surface area contributed by atoms with Gasteiger partial charge in [-0.3, -0.25) is 4.79 Å². The van der Waals surface area contributed by atoms with Gasteiger partial charge in [-0.15, -0.1) is 0 Å². The number of hydrogen-bond donors (Lipinski definition) is 1. The van der Waals surface area contributed by atoms with Crippen LogP contribution in [-0.4, -0.2) is 25.7 Å². The minimum atomic E-state index is 0.0639. The molecular weight excluding hydrogens is 328 g/mol. The number of carbonyl (C=O) groups is 1. The topological polar surface area (TPSA) is 51.4 Å². The Kier molecular flexibility index (Phi) is 7.93. The summed E-state index contributed by atoms with van der Waals surface area (Å²) in [5.41, 5.74) is 2.33. The largest absolute Gasteiger partial charge is 0.490 e. The summed E-state index contributed by atoms with van der Waals surface area (Å²) in [6, 6.07) is 10.0. The summed E-state index contributed by atoms with van der Waals surface area (Å²) in [4.78, 5) is 12.0. The lowest BCUT2D eigenvalue weighted by Crippen LogP contribution is -2.36. The predicted octanol–water partition coefficient (Wildman–Crippen LogP) is 2.83. The Morgan fingerprint density at radius 3 is 2.42 bits per heavy atom. The van der Waals surface area contributed by atoms with Crippen LogP contribution in [0.3, 0.4) is 0 Å². The molecule has 26 heavy (non-hydrogen) atoms. The number of amides is 1. The molecule has 1 aromatic carbocycles. The van der Waals surface area contributed by atoms with Crippen LogP contribution in [0.5, 0.6) is 11.5 Å². The summed E-state index contributed by atoms with van der Waals surface area (Å²) < 4.78 is 13.2.